The van der Waals surface area contributed by atoms with Gasteiger partial charge < -0.3 is 20.4 Å². The molecule has 2 amide bonds. The summed E-state index contributed by atoms with van der Waals surface area (Å²) < 4.78 is 0. The van der Waals surface area contributed by atoms with Gasteiger partial charge in [-0.05, 0) is 43.0 Å². The monoisotopic (exact) mass is 485 g/mol. The van der Waals surface area contributed by atoms with Gasteiger partial charge >= 0.3 is 0 Å². The van der Waals surface area contributed by atoms with Crippen LogP contribution < -0.4 is 15.5 Å². The van der Waals surface area contributed by atoms with E-state index < -0.39 is 6.04 Å². The molecule has 0 saturated carbocycles. The Hall–Kier alpha value is -3.71. The summed E-state index contributed by atoms with van der Waals surface area (Å²) in [6.07, 6.45) is 1.72. The molecular weight excluding hydrogens is 450 g/mol. The fourth-order valence-electron chi connectivity index (χ4n) is 4.51. The summed E-state index contributed by atoms with van der Waals surface area (Å²) in [6, 6.07) is 21.6. The minimum atomic E-state index is -0.518. The first-order valence-corrected chi connectivity index (χ1v) is 12.4. The van der Waals surface area contributed by atoms with E-state index in [1.807, 2.05) is 48.3 Å². The molecule has 7 heteroatoms. The van der Waals surface area contributed by atoms with Crippen LogP contribution in [0.1, 0.15) is 42.5 Å². The molecule has 1 fully saturated rings. The molecule has 188 valence electrons. The molecule has 4 rings (SSSR count). The Bertz CT molecular complexity index is 1160. The topological polar surface area (TPSA) is 77.6 Å². The number of carbonyl (C=O) groups excluding carboxylic acids is 2. The van der Waals surface area contributed by atoms with E-state index in [4.69, 9.17) is 0 Å². The van der Waals surface area contributed by atoms with Crippen LogP contribution in [0.5, 0.6) is 0 Å². The van der Waals surface area contributed by atoms with Crippen LogP contribution in [-0.2, 0) is 9.59 Å². The molecule has 0 radical (unpaired) electrons. The third-order valence-electron chi connectivity index (χ3n) is 6.80. The molecule has 1 aromatic heterocycles. The maximum absolute atomic E-state index is 13.4. The van der Waals surface area contributed by atoms with Crippen molar-refractivity contribution in [2.24, 2.45) is 0 Å². The van der Waals surface area contributed by atoms with Crippen molar-refractivity contribution in [1.82, 2.24) is 15.2 Å². The number of anilines is 2. The van der Waals surface area contributed by atoms with Crippen LogP contribution in [0.3, 0.4) is 0 Å². The second kappa shape index (κ2) is 11.4. The standard InChI is InChI=1S/C29H35N5O2/c1-20-10-12-23(13-11-20)21(2)16-31-28(24-8-6-5-7-9-24)29(36)32-26-15-14-25(17-30-26)34-19-27(35)33(4)18-22(34)3/h5-15,17,21-22,28,31H,16,18-19H2,1-4H3,(H,30,32,36)/t21-,22?,28+/m1/s1. The molecule has 1 unspecified atom stereocenters. The number of rotatable bonds is 8. The number of nitrogens with one attached hydrogen (secondary N) is 2. The molecule has 1 saturated heterocycles. The van der Waals surface area contributed by atoms with Crippen LogP contribution in [0, 0.1) is 6.92 Å². The molecule has 7 nitrogen and oxygen atoms in total. The fourth-order valence-corrected chi connectivity index (χ4v) is 4.51. The minimum Gasteiger partial charge on any atom is -0.356 e. The highest BCUT2D eigenvalue weighted by Crippen LogP contribution is 2.23. The number of piperazine rings is 1. The lowest BCUT2D eigenvalue weighted by molar-refractivity contribution is -0.130. The zero-order valence-corrected chi connectivity index (χ0v) is 21.4. The van der Waals surface area contributed by atoms with Crippen molar-refractivity contribution in [2.45, 2.75) is 38.8 Å². The van der Waals surface area contributed by atoms with Gasteiger partial charge in [-0.25, -0.2) is 4.98 Å². The van der Waals surface area contributed by atoms with Crippen LogP contribution in [-0.4, -0.2) is 54.4 Å². The van der Waals surface area contributed by atoms with E-state index in [9.17, 15) is 9.59 Å². The number of nitrogens with zero attached hydrogens (tertiary/aromatic N) is 3. The summed E-state index contributed by atoms with van der Waals surface area (Å²) in [5, 5.41) is 6.42. The van der Waals surface area contributed by atoms with E-state index in [1.54, 1.807) is 17.2 Å². The lowest BCUT2D eigenvalue weighted by Crippen LogP contribution is -2.53. The third-order valence-corrected chi connectivity index (χ3v) is 6.80. The van der Waals surface area contributed by atoms with Crippen molar-refractivity contribution < 1.29 is 9.59 Å². The summed E-state index contributed by atoms with van der Waals surface area (Å²) >= 11 is 0. The van der Waals surface area contributed by atoms with Gasteiger partial charge in [0.25, 0.3) is 0 Å². The van der Waals surface area contributed by atoms with Crippen molar-refractivity contribution >= 4 is 23.3 Å². The van der Waals surface area contributed by atoms with Crippen molar-refractivity contribution in [3.05, 3.63) is 89.6 Å². The van der Waals surface area contributed by atoms with E-state index in [1.165, 1.54) is 11.1 Å². The maximum atomic E-state index is 13.4. The zero-order valence-electron chi connectivity index (χ0n) is 21.4. The lowest BCUT2D eigenvalue weighted by atomic mass is 9.98. The third kappa shape index (κ3) is 6.10. The number of likely N-dealkylation sites (N-methyl/N-ethyl adjacent to an activating group) is 1. The van der Waals surface area contributed by atoms with E-state index in [2.05, 4.69) is 60.7 Å². The smallest absolute Gasteiger partial charge is 0.247 e. The van der Waals surface area contributed by atoms with Crippen molar-refractivity contribution in [3.8, 4) is 0 Å². The predicted molar refractivity (Wildman–Crippen MR) is 144 cm³/mol. The molecule has 3 aromatic rings. The summed E-state index contributed by atoms with van der Waals surface area (Å²) in [5.74, 6) is 0.643. The number of aromatic nitrogens is 1. The molecule has 0 bridgehead atoms. The van der Waals surface area contributed by atoms with Gasteiger partial charge in [-0.3, -0.25) is 9.59 Å². The Morgan fingerprint density at radius 2 is 1.78 bits per heavy atom. The van der Waals surface area contributed by atoms with Gasteiger partial charge in [0.15, 0.2) is 0 Å². The Morgan fingerprint density at radius 1 is 1.06 bits per heavy atom. The second-order valence-electron chi connectivity index (χ2n) is 9.71. The average Bonchev–Trinajstić information content (AvgIpc) is 2.88. The van der Waals surface area contributed by atoms with Crippen LogP contribution in [0.2, 0.25) is 0 Å². The highest BCUT2D eigenvalue weighted by Gasteiger charge is 2.27. The second-order valence-corrected chi connectivity index (χ2v) is 9.71. The minimum absolute atomic E-state index is 0.0853. The Morgan fingerprint density at radius 3 is 2.44 bits per heavy atom. The summed E-state index contributed by atoms with van der Waals surface area (Å²) in [5.41, 5.74) is 4.22. The van der Waals surface area contributed by atoms with Gasteiger partial charge in [0.1, 0.15) is 11.9 Å². The molecule has 1 aliphatic rings. The van der Waals surface area contributed by atoms with Crippen molar-refractivity contribution in [3.63, 3.8) is 0 Å². The molecular formula is C29H35N5O2. The number of hydrogen-bond donors (Lipinski definition) is 2. The SMILES string of the molecule is Cc1ccc([C@H](C)CN[C@H](C(=O)Nc2ccc(N3CC(=O)N(C)CC3C)cn2)c2ccccc2)cc1. The fraction of sp³-hybridized carbons (Fsp3) is 0.345. The van der Waals surface area contributed by atoms with Gasteiger partial charge in [0.2, 0.25) is 11.8 Å². The number of hydrogen-bond acceptors (Lipinski definition) is 5. The average molecular weight is 486 g/mol. The maximum Gasteiger partial charge on any atom is 0.247 e. The normalized spacial score (nSPS) is 17.6. The van der Waals surface area contributed by atoms with Gasteiger partial charge in [0, 0.05) is 26.2 Å². The first-order chi connectivity index (χ1) is 17.3. The largest absolute Gasteiger partial charge is 0.356 e. The highest BCUT2D eigenvalue weighted by atomic mass is 16.2. The number of amides is 2. The molecule has 2 heterocycles. The van der Waals surface area contributed by atoms with E-state index in [0.29, 0.717) is 25.5 Å². The van der Waals surface area contributed by atoms with E-state index in [0.717, 1.165) is 11.3 Å². The highest BCUT2D eigenvalue weighted by molar-refractivity contribution is 5.95. The number of aryl methyl sites for hydroxylation is 1. The molecule has 2 aromatic carbocycles. The Balaban J connectivity index is 1.44. The van der Waals surface area contributed by atoms with Crippen molar-refractivity contribution in [2.75, 3.05) is 36.9 Å². The summed E-state index contributed by atoms with van der Waals surface area (Å²) in [4.78, 5) is 33.8. The zero-order chi connectivity index (χ0) is 25.7. The van der Waals surface area contributed by atoms with Gasteiger partial charge in [-0.2, -0.15) is 0 Å². The Kier molecular flexibility index (Phi) is 8.00. The quantitative estimate of drug-likeness (QED) is 0.502. The predicted octanol–water partition coefficient (Wildman–Crippen LogP) is 4.13. The lowest BCUT2D eigenvalue weighted by Gasteiger charge is -2.39. The molecule has 36 heavy (non-hydrogen) atoms. The van der Waals surface area contributed by atoms with Gasteiger partial charge in [0.05, 0.1) is 18.4 Å². The van der Waals surface area contributed by atoms with Gasteiger partial charge in [-0.1, -0.05) is 67.1 Å². The number of benzene rings is 2. The summed E-state index contributed by atoms with van der Waals surface area (Å²) in [7, 11) is 1.83. The van der Waals surface area contributed by atoms with Crippen LogP contribution in [0.25, 0.3) is 0 Å². The summed E-state index contributed by atoms with van der Waals surface area (Å²) in [6.45, 7) is 7.97. The van der Waals surface area contributed by atoms with E-state index in [-0.39, 0.29) is 23.8 Å². The molecule has 0 spiro atoms. The first-order valence-electron chi connectivity index (χ1n) is 12.4. The molecule has 3 atom stereocenters. The van der Waals surface area contributed by atoms with Crippen LogP contribution >= 0.6 is 0 Å². The van der Waals surface area contributed by atoms with Crippen LogP contribution in [0.15, 0.2) is 72.9 Å². The molecule has 1 aliphatic heterocycles. The number of carbonyl (C=O) groups is 2. The molecule has 0 aliphatic carbocycles. The molecule has 2 N–H and O–H groups in total. The number of pyridine rings is 1. The first kappa shape index (κ1) is 25.4. The van der Waals surface area contributed by atoms with Gasteiger partial charge in [-0.15, -0.1) is 0 Å². The van der Waals surface area contributed by atoms with Crippen molar-refractivity contribution in [1.29, 1.82) is 0 Å². The Labute approximate surface area is 213 Å². The van der Waals surface area contributed by atoms with E-state index >= 15 is 0 Å². The van der Waals surface area contributed by atoms with Crippen LogP contribution in [0.4, 0.5) is 11.5 Å².